The van der Waals surface area contributed by atoms with E-state index in [9.17, 15) is 0 Å². The van der Waals surface area contributed by atoms with Gasteiger partial charge in [0.2, 0.25) is 0 Å². The van der Waals surface area contributed by atoms with E-state index in [1.165, 1.54) is 11.1 Å². The standard InChI is InChI=1S/C18H16BrNO/c1-13-15(19)9-5-10-16(13)20-18(17-11-6-12-21-17)14-7-3-2-4-8-14/h2-12,18,20H,1H3. The average molecular weight is 342 g/mol. The third kappa shape index (κ3) is 3.03. The van der Waals surface area contributed by atoms with E-state index in [4.69, 9.17) is 4.42 Å². The third-order valence-electron chi connectivity index (χ3n) is 3.53. The van der Waals surface area contributed by atoms with Crippen LogP contribution in [0, 0.1) is 6.92 Å². The maximum atomic E-state index is 5.62. The molecule has 1 unspecified atom stereocenters. The molecule has 1 aromatic heterocycles. The first-order valence-electron chi connectivity index (χ1n) is 6.85. The van der Waals surface area contributed by atoms with Gasteiger partial charge < -0.3 is 9.73 Å². The molecule has 0 aliphatic heterocycles. The molecule has 0 radical (unpaired) electrons. The molecule has 0 aliphatic rings. The van der Waals surface area contributed by atoms with Crippen LogP contribution in [0.15, 0.2) is 75.8 Å². The minimum Gasteiger partial charge on any atom is -0.467 e. The second-order valence-corrected chi connectivity index (χ2v) is 5.77. The van der Waals surface area contributed by atoms with Crippen LogP contribution in [0.4, 0.5) is 5.69 Å². The molecule has 0 bridgehead atoms. The van der Waals surface area contributed by atoms with Crippen LogP contribution in [0.2, 0.25) is 0 Å². The largest absolute Gasteiger partial charge is 0.467 e. The van der Waals surface area contributed by atoms with Crippen LogP contribution in [0.25, 0.3) is 0 Å². The fourth-order valence-electron chi connectivity index (χ4n) is 2.34. The number of rotatable bonds is 4. The number of furan rings is 1. The number of hydrogen-bond acceptors (Lipinski definition) is 2. The lowest BCUT2D eigenvalue weighted by atomic mass is 10.0. The third-order valence-corrected chi connectivity index (χ3v) is 4.39. The molecule has 0 fully saturated rings. The van der Waals surface area contributed by atoms with Gasteiger partial charge in [-0.3, -0.25) is 0 Å². The first kappa shape index (κ1) is 14.0. The van der Waals surface area contributed by atoms with Crippen molar-refractivity contribution in [2.75, 3.05) is 5.32 Å². The summed E-state index contributed by atoms with van der Waals surface area (Å²) >= 11 is 3.58. The molecule has 2 aromatic carbocycles. The summed E-state index contributed by atoms with van der Waals surface area (Å²) in [6.45, 7) is 2.09. The minimum absolute atomic E-state index is 0.00537. The normalized spacial score (nSPS) is 12.1. The molecule has 1 heterocycles. The van der Waals surface area contributed by atoms with Crippen molar-refractivity contribution in [3.63, 3.8) is 0 Å². The molecule has 3 rings (SSSR count). The predicted molar refractivity (Wildman–Crippen MR) is 89.5 cm³/mol. The molecule has 1 N–H and O–H groups in total. The van der Waals surface area contributed by atoms with Crippen LogP contribution >= 0.6 is 15.9 Å². The van der Waals surface area contributed by atoms with Crippen LogP contribution in [0.5, 0.6) is 0 Å². The van der Waals surface area contributed by atoms with Crippen molar-refractivity contribution in [1.29, 1.82) is 0 Å². The van der Waals surface area contributed by atoms with E-state index in [-0.39, 0.29) is 6.04 Å². The second-order valence-electron chi connectivity index (χ2n) is 4.92. The molecule has 3 heteroatoms. The average Bonchev–Trinajstić information content (AvgIpc) is 3.04. The van der Waals surface area contributed by atoms with Gasteiger partial charge in [-0.15, -0.1) is 0 Å². The Balaban J connectivity index is 1.99. The van der Waals surface area contributed by atoms with Crippen molar-refractivity contribution >= 4 is 21.6 Å². The molecular weight excluding hydrogens is 326 g/mol. The van der Waals surface area contributed by atoms with Gasteiger partial charge in [-0.05, 0) is 42.3 Å². The lowest BCUT2D eigenvalue weighted by Crippen LogP contribution is -2.12. The summed E-state index contributed by atoms with van der Waals surface area (Å²) in [7, 11) is 0. The summed E-state index contributed by atoms with van der Waals surface area (Å²) in [5.41, 5.74) is 3.45. The van der Waals surface area contributed by atoms with Crippen molar-refractivity contribution in [3.8, 4) is 0 Å². The zero-order valence-corrected chi connectivity index (χ0v) is 13.3. The fraction of sp³-hybridized carbons (Fsp3) is 0.111. The number of benzene rings is 2. The molecule has 106 valence electrons. The molecule has 2 nitrogen and oxygen atoms in total. The molecule has 3 aromatic rings. The SMILES string of the molecule is Cc1c(Br)cccc1NC(c1ccccc1)c1ccco1. The van der Waals surface area contributed by atoms with E-state index in [1.54, 1.807) is 6.26 Å². The van der Waals surface area contributed by atoms with Crippen molar-refractivity contribution in [2.24, 2.45) is 0 Å². The lowest BCUT2D eigenvalue weighted by molar-refractivity contribution is 0.499. The highest BCUT2D eigenvalue weighted by atomic mass is 79.9. The van der Waals surface area contributed by atoms with Gasteiger partial charge in [0.25, 0.3) is 0 Å². The Morgan fingerprint density at radius 2 is 1.76 bits per heavy atom. The molecule has 0 amide bonds. The molecule has 0 saturated carbocycles. The van der Waals surface area contributed by atoms with Gasteiger partial charge in [-0.25, -0.2) is 0 Å². The van der Waals surface area contributed by atoms with Crippen molar-refractivity contribution in [3.05, 3.63) is 88.3 Å². The Morgan fingerprint density at radius 1 is 0.952 bits per heavy atom. The Morgan fingerprint density at radius 3 is 2.48 bits per heavy atom. The summed E-state index contributed by atoms with van der Waals surface area (Å²) in [4.78, 5) is 0. The van der Waals surface area contributed by atoms with E-state index >= 15 is 0 Å². The lowest BCUT2D eigenvalue weighted by Gasteiger charge is -2.20. The van der Waals surface area contributed by atoms with E-state index in [0.29, 0.717) is 0 Å². The van der Waals surface area contributed by atoms with Crippen LogP contribution in [0.3, 0.4) is 0 Å². The second kappa shape index (κ2) is 6.19. The smallest absolute Gasteiger partial charge is 0.130 e. The first-order valence-corrected chi connectivity index (χ1v) is 7.65. The molecule has 0 aliphatic carbocycles. The molecule has 1 atom stereocenters. The monoisotopic (exact) mass is 341 g/mol. The molecular formula is C18H16BrNO. The summed E-state index contributed by atoms with van der Waals surface area (Å²) in [6.07, 6.45) is 1.71. The highest BCUT2D eigenvalue weighted by Crippen LogP contribution is 2.30. The Bertz CT molecular complexity index is 707. The van der Waals surface area contributed by atoms with Crippen molar-refractivity contribution in [1.82, 2.24) is 0 Å². The predicted octanol–water partition coefficient (Wildman–Crippen LogP) is 5.55. The van der Waals surface area contributed by atoms with Crippen molar-refractivity contribution in [2.45, 2.75) is 13.0 Å². The van der Waals surface area contributed by atoms with E-state index in [1.807, 2.05) is 42.5 Å². The van der Waals surface area contributed by atoms with Crippen molar-refractivity contribution < 1.29 is 4.42 Å². The van der Waals surface area contributed by atoms with Crippen LogP contribution in [-0.2, 0) is 0 Å². The maximum Gasteiger partial charge on any atom is 0.130 e. The van der Waals surface area contributed by atoms with Gasteiger partial charge in [-0.1, -0.05) is 52.3 Å². The topological polar surface area (TPSA) is 25.2 Å². The number of halogens is 1. The summed E-state index contributed by atoms with van der Waals surface area (Å²) in [5, 5.41) is 3.58. The highest BCUT2D eigenvalue weighted by Gasteiger charge is 2.17. The number of anilines is 1. The summed E-state index contributed by atoms with van der Waals surface area (Å²) in [5.74, 6) is 0.903. The summed E-state index contributed by atoms with van der Waals surface area (Å²) < 4.78 is 6.71. The minimum atomic E-state index is -0.00537. The Kier molecular flexibility index (Phi) is 4.11. The van der Waals surface area contributed by atoms with E-state index < -0.39 is 0 Å². The van der Waals surface area contributed by atoms with Crippen LogP contribution < -0.4 is 5.32 Å². The first-order chi connectivity index (χ1) is 10.3. The zero-order valence-electron chi connectivity index (χ0n) is 11.7. The van der Waals surface area contributed by atoms with Gasteiger partial charge in [0, 0.05) is 10.2 Å². The highest BCUT2D eigenvalue weighted by molar-refractivity contribution is 9.10. The van der Waals surface area contributed by atoms with Crippen LogP contribution in [0.1, 0.15) is 22.9 Å². The van der Waals surface area contributed by atoms with E-state index in [2.05, 4.69) is 46.4 Å². The fourth-order valence-corrected chi connectivity index (χ4v) is 2.71. The molecule has 0 saturated heterocycles. The van der Waals surface area contributed by atoms with Gasteiger partial charge in [0.05, 0.1) is 6.26 Å². The number of nitrogens with one attached hydrogen (secondary N) is 1. The van der Waals surface area contributed by atoms with Crippen LogP contribution in [-0.4, -0.2) is 0 Å². The van der Waals surface area contributed by atoms with Gasteiger partial charge in [-0.2, -0.15) is 0 Å². The molecule has 0 spiro atoms. The molecule has 21 heavy (non-hydrogen) atoms. The maximum absolute atomic E-state index is 5.62. The quantitative estimate of drug-likeness (QED) is 0.672. The Labute approximate surface area is 132 Å². The van der Waals surface area contributed by atoms with Gasteiger partial charge in [0.15, 0.2) is 0 Å². The number of hydrogen-bond donors (Lipinski definition) is 1. The van der Waals surface area contributed by atoms with Gasteiger partial charge >= 0.3 is 0 Å². The van der Waals surface area contributed by atoms with E-state index in [0.717, 1.165) is 15.9 Å². The summed E-state index contributed by atoms with van der Waals surface area (Å²) in [6, 6.07) is 20.4. The Hall–Kier alpha value is -2.00. The van der Waals surface area contributed by atoms with Gasteiger partial charge in [0.1, 0.15) is 11.8 Å². The zero-order chi connectivity index (χ0) is 14.7.